The maximum atomic E-state index is 12.3. The average molecular weight is 444 g/mol. The SMILES string of the molecule is CN(C(=O)OCc1c(-c2ccc(O[C@H]3CCC[C@H](C(=O)O)C3)cn2)nnn1C)C1CCC1. The van der Waals surface area contributed by atoms with Gasteiger partial charge in [0.25, 0.3) is 0 Å². The van der Waals surface area contributed by atoms with Crippen molar-refractivity contribution in [2.75, 3.05) is 7.05 Å². The molecule has 2 atom stereocenters. The number of nitrogens with zero attached hydrogens (tertiary/aromatic N) is 5. The van der Waals surface area contributed by atoms with Crippen LogP contribution in [0.3, 0.4) is 0 Å². The van der Waals surface area contributed by atoms with E-state index in [0.717, 1.165) is 32.1 Å². The molecule has 0 saturated heterocycles. The van der Waals surface area contributed by atoms with Crippen molar-refractivity contribution in [2.24, 2.45) is 13.0 Å². The van der Waals surface area contributed by atoms with Crippen LogP contribution in [0.25, 0.3) is 11.4 Å². The first-order chi connectivity index (χ1) is 15.4. The van der Waals surface area contributed by atoms with E-state index in [4.69, 9.17) is 9.47 Å². The summed E-state index contributed by atoms with van der Waals surface area (Å²) in [6, 6.07) is 3.83. The van der Waals surface area contributed by atoms with Gasteiger partial charge in [-0.1, -0.05) is 5.21 Å². The van der Waals surface area contributed by atoms with E-state index in [-0.39, 0.29) is 30.8 Å². The third-order valence-corrected chi connectivity index (χ3v) is 6.44. The second-order valence-electron chi connectivity index (χ2n) is 8.58. The summed E-state index contributed by atoms with van der Waals surface area (Å²) in [5.74, 6) is -0.528. The molecule has 1 amide bonds. The van der Waals surface area contributed by atoms with Crippen molar-refractivity contribution in [1.29, 1.82) is 0 Å². The van der Waals surface area contributed by atoms with Gasteiger partial charge in [-0.2, -0.15) is 0 Å². The number of pyridine rings is 1. The molecule has 2 aromatic rings. The van der Waals surface area contributed by atoms with Crippen LogP contribution in [0.15, 0.2) is 18.3 Å². The summed E-state index contributed by atoms with van der Waals surface area (Å²) in [5, 5.41) is 17.5. The van der Waals surface area contributed by atoms with Crippen LogP contribution in [-0.4, -0.2) is 61.2 Å². The zero-order valence-corrected chi connectivity index (χ0v) is 18.4. The standard InChI is InChI=1S/C22H29N5O5/c1-26(15-6-4-7-15)22(30)31-13-19-20(24-25-27(19)2)18-10-9-17(12-23-18)32-16-8-3-5-14(11-16)21(28)29/h9-10,12,14-16H,3-8,11,13H2,1-2H3,(H,28,29)/t14-,16-/m0/s1. The van der Waals surface area contributed by atoms with E-state index in [1.54, 1.807) is 42.0 Å². The first-order valence-corrected chi connectivity index (χ1v) is 11.1. The largest absolute Gasteiger partial charge is 0.489 e. The van der Waals surface area contributed by atoms with E-state index in [2.05, 4.69) is 15.3 Å². The van der Waals surface area contributed by atoms with Crippen LogP contribution in [0.4, 0.5) is 4.79 Å². The smallest absolute Gasteiger partial charge is 0.410 e. The highest BCUT2D eigenvalue weighted by Crippen LogP contribution is 2.29. The van der Waals surface area contributed by atoms with Crippen LogP contribution >= 0.6 is 0 Å². The van der Waals surface area contributed by atoms with Crippen molar-refractivity contribution in [3.05, 3.63) is 24.0 Å². The molecular formula is C22H29N5O5. The van der Waals surface area contributed by atoms with Crippen molar-refractivity contribution in [1.82, 2.24) is 24.9 Å². The Kier molecular flexibility index (Phi) is 6.57. The third-order valence-electron chi connectivity index (χ3n) is 6.44. The van der Waals surface area contributed by atoms with Crippen LogP contribution < -0.4 is 4.74 Å². The molecule has 0 unspecified atom stereocenters. The van der Waals surface area contributed by atoms with Crippen molar-refractivity contribution in [2.45, 2.75) is 63.7 Å². The van der Waals surface area contributed by atoms with Crippen LogP contribution in [0.1, 0.15) is 50.6 Å². The van der Waals surface area contributed by atoms with Crippen LogP contribution in [0.5, 0.6) is 5.75 Å². The van der Waals surface area contributed by atoms with E-state index in [0.29, 0.717) is 35.7 Å². The second kappa shape index (κ2) is 9.54. The minimum atomic E-state index is -0.762. The average Bonchev–Trinajstić information content (AvgIpc) is 3.11. The monoisotopic (exact) mass is 443 g/mol. The van der Waals surface area contributed by atoms with E-state index in [1.807, 2.05) is 0 Å². The lowest BCUT2D eigenvalue weighted by molar-refractivity contribution is -0.143. The Morgan fingerprint density at radius 2 is 2.00 bits per heavy atom. The molecule has 2 saturated carbocycles. The van der Waals surface area contributed by atoms with E-state index in [9.17, 15) is 14.7 Å². The topological polar surface area (TPSA) is 120 Å². The molecule has 4 rings (SSSR count). The van der Waals surface area contributed by atoms with Crippen molar-refractivity contribution >= 4 is 12.1 Å². The predicted molar refractivity (Wildman–Crippen MR) is 114 cm³/mol. The zero-order chi connectivity index (χ0) is 22.7. The quantitative estimate of drug-likeness (QED) is 0.693. The number of aliphatic carboxylic acids is 1. The first kappa shape index (κ1) is 22.0. The van der Waals surface area contributed by atoms with Gasteiger partial charge in [-0.3, -0.25) is 9.78 Å². The molecule has 1 N–H and O–H groups in total. The summed E-state index contributed by atoms with van der Waals surface area (Å²) in [6.07, 6.45) is 7.17. The van der Waals surface area contributed by atoms with Gasteiger partial charge in [-0.05, 0) is 57.1 Å². The van der Waals surface area contributed by atoms with Crippen LogP contribution in [0.2, 0.25) is 0 Å². The zero-order valence-electron chi connectivity index (χ0n) is 18.4. The molecule has 0 bridgehead atoms. The number of carbonyl (C=O) groups is 2. The molecule has 2 aliphatic rings. The number of hydrogen-bond acceptors (Lipinski definition) is 7. The molecule has 0 aromatic carbocycles. The molecule has 2 aliphatic carbocycles. The Balaban J connectivity index is 1.39. The number of hydrogen-bond donors (Lipinski definition) is 1. The maximum Gasteiger partial charge on any atom is 0.410 e. The molecule has 2 heterocycles. The number of amides is 1. The number of carbonyl (C=O) groups excluding carboxylic acids is 1. The molecule has 172 valence electrons. The van der Waals surface area contributed by atoms with Gasteiger partial charge in [0.15, 0.2) is 0 Å². The molecule has 10 heteroatoms. The summed E-state index contributed by atoms with van der Waals surface area (Å²) >= 11 is 0. The molecule has 0 aliphatic heterocycles. The van der Waals surface area contributed by atoms with Gasteiger partial charge in [-0.25, -0.2) is 9.48 Å². The minimum absolute atomic E-state index is 0.0489. The van der Waals surface area contributed by atoms with Crippen molar-refractivity contribution < 1.29 is 24.2 Å². The van der Waals surface area contributed by atoms with Crippen LogP contribution in [-0.2, 0) is 23.2 Å². The van der Waals surface area contributed by atoms with Crippen molar-refractivity contribution in [3.63, 3.8) is 0 Å². The first-order valence-electron chi connectivity index (χ1n) is 11.1. The van der Waals surface area contributed by atoms with Gasteiger partial charge in [0, 0.05) is 20.1 Å². The lowest BCUT2D eigenvalue weighted by atomic mass is 9.87. The summed E-state index contributed by atoms with van der Waals surface area (Å²) in [7, 11) is 3.51. The van der Waals surface area contributed by atoms with Gasteiger partial charge in [-0.15, -0.1) is 5.10 Å². The highest BCUT2D eigenvalue weighted by atomic mass is 16.6. The molecule has 2 aromatic heterocycles. The highest BCUT2D eigenvalue weighted by molar-refractivity contribution is 5.70. The molecule has 0 spiro atoms. The van der Waals surface area contributed by atoms with Gasteiger partial charge < -0.3 is 19.5 Å². The number of aryl methyl sites for hydroxylation is 1. The second-order valence-corrected chi connectivity index (χ2v) is 8.58. The number of carboxylic acid groups (broad SMARTS) is 1. The van der Waals surface area contributed by atoms with E-state index < -0.39 is 5.97 Å². The van der Waals surface area contributed by atoms with E-state index in [1.165, 1.54) is 0 Å². The molecule has 2 fully saturated rings. The molecule has 32 heavy (non-hydrogen) atoms. The highest BCUT2D eigenvalue weighted by Gasteiger charge is 2.29. The lowest BCUT2D eigenvalue weighted by Crippen LogP contribution is -2.41. The van der Waals surface area contributed by atoms with Gasteiger partial charge in [0.1, 0.15) is 23.7 Å². The third kappa shape index (κ3) is 4.84. The number of carboxylic acids is 1. The summed E-state index contributed by atoms with van der Waals surface area (Å²) < 4.78 is 13.0. The Morgan fingerprint density at radius 3 is 2.66 bits per heavy atom. The van der Waals surface area contributed by atoms with Crippen molar-refractivity contribution in [3.8, 4) is 17.1 Å². The number of rotatable bonds is 7. The van der Waals surface area contributed by atoms with Gasteiger partial charge in [0.2, 0.25) is 0 Å². The Bertz CT molecular complexity index is 956. The summed E-state index contributed by atoms with van der Waals surface area (Å²) in [4.78, 5) is 29.7. The fourth-order valence-electron chi connectivity index (χ4n) is 4.15. The molecule has 0 radical (unpaired) electrons. The minimum Gasteiger partial charge on any atom is -0.489 e. The number of ether oxygens (including phenoxy) is 2. The Labute approximate surface area is 186 Å². The summed E-state index contributed by atoms with van der Waals surface area (Å²) in [6.45, 7) is 0.0489. The van der Waals surface area contributed by atoms with E-state index >= 15 is 0 Å². The van der Waals surface area contributed by atoms with Crippen LogP contribution in [0, 0.1) is 5.92 Å². The van der Waals surface area contributed by atoms with Gasteiger partial charge in [0.05, 0.1) is 23.9 Å². The molecular weight excluding hydrogens is 414 g/mol. The maximum absolute atomic E-state index is 12.3. The predicted octanol–water partition coefficient (Wildman–Crippen LogP) is 3.02. The number of aromatic nitrogens is 4. The Hall–Kier alpha value is -3.17. The molecule has 10 nitrogen and oxygen atoms in total. The lowest BCUT2D eigenvalue weighted by Gasteiger charge is -2.33. The van der Waals surface area contributed by atoms with Gasteiger partial charge >= 0.3 is 12.1 Å². The summed E-state index contributed by atoms with van der Waals surface area (Å²) in [5.41, 5.74) is 1.79. The normalized spacial score (nSPS) is 20.9. The fraction of sp³-hybridized carbons (Fsp3) is 0.591. The Morgan fingerprint density at radius 1 is 1.22 bits per heavy atom. The fourth-order valence-corrected chi connectivity index (χ4v) is 4.15.